The second-order valence-electron chi connectivity index (χ2n) is 3.62. The third-order valence-electron chi connectivity index (χ3n) is 2.59. The Hall–Kier alpha value is -0.840. The maximum atomic E-state index is 12.5. The summed E-state index contributed by atoms with van der Waals surface area (Å²) >= 11 is 5.58. The van der Waals surface area contributed by atoms with E-state index in [-0.39, 0.29) is 18.0 Å². The molecular weight excluding hydrogens is 229 g/mol. The quantitative estimate of drug-likeness (QED) is 0.692. The summed E-state index contributed by atoms with van der Waals surface area (Å²) in [5.74, 6) is -1.27. The van der Waals surface area contributed by atoms with Crippen molar-refractivity contribution in [3.05, 3.63) is 22.5 Å². The first-order chi connectivity index (χ1) is 6.97. The van der Waals surface area contributed by atoms with E-state index in [1.807, 2.05) is 0 Å². The van der Waals surface area contributed by atoms with Crippen LogP contribution in [0.3, 0.4) is 0 Å². The summed E-state index contributed by atoms with van der Waals surface area (Å²) in [6.07, 6.45) is -3.75. The van der Waals surface area contributed by atoms with Crippen molar-refractivity contribution in [3.63, 3.8) is 0 Å². The van der Waals surface area contributed by atoms with E-state index >= 15 is 0 Å². The Labute approximate surface area is 89.5 Å². The molecule has 0 saturated carbocycles. The van der Waals surface area contributed by atoms with Crippen molar-refractivity contribution in [2.24, 2.45) is 5.92 Å². The van der Waals surface area contributed by atoms with Crippen LogP contribution in [0.5, 0.6) is 0 Å². The maximum absolute atomic E-state index is 12.5. The van der Waals surface area contributed by atoms with E-state index in [1.54, 1.807) is 0 Å². The molecule has 0 saturated heterocycles. The third-order valence-corrected chi connectivity index (χ3v) is 2.77. The lowest BCUT2D eigenvalue weighted by atomic mass is 9.86. The van der Waals surface area contributed by atoms with Crippen molar-refractivity contribution < 1.29 is 13.2 Å². The summed E-state index contributed by atoms with van der Waals surface area (Å²) in [4.78, 5) is 0. The molecule has 0 bridgehead atoms. The van der Waals surface area contributed by atoms with Crippen LogP contribution in [0.2, 0.25) is 5.15 Å². The zero-order valence-electron chi connectivity index (χ0n) is 7.68. The lowest BCUT2D eigenvalue weighted by molar-refractivity contribution is -0.177. The monoisotopic (exact) mass is 236 g/mol. The number of halogens is 4. The lowest BCUT2D eigenvalue weighted by Gasteiger charge is -2.25. The molecule has 0 N–H and O–H groups in total. The van der Waals surface area contributed by atoms with Gasteiger partial charge in [-0.2, -0.15) is 18.3 Å². The molecule has 0 spiro atoms. The second kappa shape index (κ2) is 3.63. The van der Waals surface area contributed by atoms with Crippen molar-refractivity contribution in [1.29, 1.82) is 0 Å². The minimum Gasteiger partial charge on any atom is -0.171 e. The van der Waals surface area contributed by atoms with Crippen LogP contribution in [0.15, 0.2) is 6.07 Å². The zero-order chi connectivity index (χ0) is 11.1. The summed E-state index contributed by atoms with van der Waals surface area (Å²) in [6, 6.07) is 1.47. The summed E-state index contributed by atoms with van der Waals surface area (Å²) in [6.45, 7) is 0. The highest BCUT2D eigenvalue weighted by Crippen LogP contribution is 2.36. The number of rotatable bonds is 0. The molecule has 15 heavy (non-hydrogen) atoms. The molecule has 1 aliphatic rings. The number of aryl methyl sites for hydroxylation is 1. The van der Waals surface area contributed by atoms with Gasteiger partial charge in [0.2, 0.25) is 0 Å². The Balaban J connectivity index is 2.26. The van der Waals surface area contributed by atoms with E-state index in [0.29, 0.717) is 17.7 Å². The Morgan fingerprint density at radius 1 is 1.33 bits per heavy atom. The summed E-state index contributed by atoms with van der Waals surface area (Å²) in [5.41, 5.74) is 1.21. The van der Waals surface area contributed by atoms with Gasteiger partial charge < -0.3 is 0 Å². The highest BCUT2D eigenvalue weighted by atomic mass is 35.5. The van der Waals surface area contributed by atoms with Crippen molar-refractivity contribution in [2.45, 2.75) is 25.4 Å². The van der Waals surface area contributed by atoms with E-state index in [1.165, 1.54) is 6.07 Å². The van der Waals surface area contributed by atoms with Crippen LogP contribution in [0.25, 0.3) is 0 Å². The van der Waals surface area contributed by atoms with E-state index in [9.17, 15) is 13.2 Å². The van der Waals surface area contributed by atoms with E-state index < -0.39 is 12.1 Å². The van der Waals surface area contributed by atoms with Gasteiger partial charge in [0, 0.05) is 0 Å². The van der Waals surface area contributed by atoms with Gasteiger partial charge in [-0.25, -0.2) is 0 Å². The van der Waals surface area contributed by atoms with Crippen LogP contribution in [-0.4, -0.2) is 16.4 Å². The van der Waals surface area contributed by atoms with Crippen molar-refractivity contribution >= 4 is 11.6 Å². The summed E-state index contributed by atoms with van der Waals surface area (Å²) < 4.78 is 37.4. The van der Waals surface area contributed by atoms with Gasteiger partial charge in [-0.1, -0.05) is 11.6 Å². The van der Waals surface area contributed by atoms with Gasteiger partial charge in [-0.05, 0) is 30.9 Å². The Kier molecular flexibility index (Phi) is 2.58. The van der Waals surface area contributed by atoms with Crippen LogP contribution in [0.4, 0.5) is 13.2 Å². The standard InChI is InChI=1S/C9H8ClF3N2/c10-8-4-5-3-6(9(11,12)13)1-2-7(5)14-15-8/h4,6H,1-3H2. The molecule has 1 aliphatic carbocycles. The van der Waals surface area contributed by atoms with Gasteiger partial charge in [-0.3, -0.25) is 0 Å². The number of aromatic nitrogens is 2. The Morgan fingerprint density at radius 2 is 2.07 bits per heavy atom. The van der Waals surface area contributed by atoms with Crippen LogP contribution in [0.1, 0.15) is 17.7 Å². The first kappa shape index (κ1) is 10.7. The lowest BCUT2D eigenvalue weighted by Crippen LogP contribution is -2.29. The molecule has 1 aromatic rings. The van der Waals surface area contributed by atoms with Crippen molar-refractivity contribution in [3.8, 4) is 0 Å². The molecule has 2 nitrogen and oxygen atoms in total. The fourth-order valence-corrected chi connectivity index (χ4v) is 1.94. The van der Waals surface area contributed by atoms with Gasteiger partial charge in [0.1, 0.15) is 0 Å². The molecule has 0 fully saturated rings. The third kappa shape index (κ3) is 2.22. The number of nitrogens with zero attached hydrogens (tertiary/aromatic N) is 2. The van der Waals surface area contributed by atoms with Crippen LogP contribution < -0.4 is 0 Å². The number of hydrogen-bond donors (Lipinski definition) is 0. The average molecular weight is 237 g/mol. The average Bonchev–Trinajstić information content (AvgIpc) is 2.15. The number of hydrogen-bond acceptors (Lipinski definition) is 2. The number of fused-ring (bicyclic) bond motifs is 1. The minimum atomic E-state index is -4.13. The molecule has 1 atom stereocenters. The van der Waals surface area contributed by atoms with E-state index in [2.05, 4.69) is 10.2 Å². The van der Waals surface area contributed by atoms with Gasteiger partial charge in [0.15, 0.2) is 5.15 Å². The molecule has 0 amide bonds. The molecule has 1 heterocycles. The fourth-order valence-electron chi connectivity index (χ4n) is 1.77. The second-order valence-corrected chi connectivity index (χ2v) is 4.01. The molecule has 6 heteroatoms. The minimum absolute atomic E-state index is 0.0337. The normalized spacial score (nSPS) is 21.2. The van der Waals surface area contributed by atoms with Crippen LogP contribution in [0, 0.1) is 5.92 Å². The number of alkyl halides is 3. The molecule has 1 unspecified atom stereocenters. The SMILES string of the molecule is FC(F)(F)C1CCc2nnc(Cl)cc2C1. The van der Waals surface area contributed by atoms with Crippen molar-refractivity contribution in [2.75, 3.05) is 0 Å². The van der Waals surface area contributed by atoms with Gasteiger partial charge in [0.05, 0.1) is 11.6 Å². The predicted octanol–water partition coefficient (Wildman–Crippen LogP) is 2.80. The van der Waals surface area contributed by atoms with E-state index in [4.69, 9.17) is 11.6 Å². The van der Waals surface area contributed by atoms with Gasteiger partial charge in [0.25, 0.3) is 0 Å². The topological polar surface area (TPSA) is 25.8 Å². The Morgan fingerprint density at radius 3 is 2.73 bits per heavy atom. The first-order valence-electron chi connectivity index (χ1n) is 4.54. The molecule has 82 valence electrons. The molecule has 1 aromatic heterocycles. The molecule has 0 aromatic carbocycles. The predicted molar refractivity (Wildman–Crippen MR) is 48.6 cm³/mol. The zero-order valence-corrected chi connectivity index (χ0v) is 8.44. The van der Waals surface area contributed by atoms with Gasteiger partial charge in [-0.15, -0.1) is 5.10 Å². The molecule has 0 radical (unpaired) electrons. The molecular formula is C9H8ClF3N2. The highest BCUT2D eigenvalue weighted by Gasteiger charge is 2.41. The highest BCUT2D eigenvalue weighted by molar-refractivity contribution is 6.29. The summed E-state index contributed by atoms with van der Waals surface area (Å²) in [5, 5.41) is 7.55. The molecule has 2 rings (SSSR count). The van der Waals surface area contributed by atoms with Crippen molar-refractivity contribution in [1.82, 2.24) is 10.2 Å². The smallest absolute Gasteiger partial charge is 0.171 e. The first-order valence-corrected chi connectivity index (χ1v) is 4.92. The summed E-state index contributed by atoms with van der Waals surface area (Å²) in [7, 11) is 0. The van der Waals surface area contributed by atoms with Gasteiger partial charge >= 0.3 is 6.18 Å². The fraction of sp³-hybridized carbons (Fsp3) is 0.556. The van der Waals surface area contributed by atoms with E-state index in [0.717, 1.165) is 0 Å². The largest absolute Gasteiger partial charge is 0.392 e. The maximum Gasteiger partial charge on any atom is 0.392 e. The molecule has 0 aliphatic heterocycles. The Bertz CT molecular complexity index is 378. The van der Waals surface area contributed by atoms with Crippen LogP contribution in [-0.2, 0) is 12.8 Å². The van der Waals surface area contributed by atoms with Crippen LogP contribution >= 0.6 is 11.6 Å².